The number of rotatable bonds is 4. The van der Waals surface area contributed by atoms with Crippen LogP contribution in [0.4, 0.5) is 5.82 Å². The van der Waals surface area contributed by atoms with Gasteiger partial charge in [-0.2, -0.15) is 0 Å². The first-order valence-corrected chi connectivity index (χ1v) is 11.7. The molecule has 1 amide bonds. The zero-order valence-electron chi connectivity index (χ0n) is 17.5. The number of fused-ring (bicyclic) bond motifs is 3. The van der Waals surface area contributed by atoms with Gasteiger partial charge in [0.25, 0.3) is 0 Å². The number of hydrogen-bond donors (Lipinski definition) is 0. The van der Waals surface area contributed by atoms with Crippen LogP contribution in [0.3, 0.4) is 0 Å². The minimum atomic E-state index is 0.294. The fourth-order valence-electron chi connectivity index (χ4n) is 4.36. The van der Waals surface area contributed by atoms with Crippen molar-refractivity contribution in [3.05, 3.63) is 16.3 Å². The van der Waals surface area contributed by atoms with Gasteiger partial charge >= 0.3 is 0 Å². The van der Waals surface area contributed by atoms with Crippen LogP contribution in [0.2, 0.25) is 0 Å². The highest BCUT2D eigenvalue weighted by Gasteiger charge is 2.27. The number of aryl methyl sites for hydroxylation is 2. The zero-order valence-corrected chi connectivity index (χ0v) is 18.3. The minimum absolute atomic E-state index is 0.294. The lowest BCUT2D eigenvalue weighted by Crippen LogP contribution is -2.49. The molecule has 6 heteroatoms. The summed E-state index contributed by atoms with van der Waals surface area (Å²) in [5, 5.41) is 1.31. The SMILES string of the molecule is CCCC(=O)N1CCN(c2nc(C(C)C)nc3sc4c(c23)CCCCC4)CC1. The quantitative estimate of drug-likeness (QED) is 0.708. The Labute approximate surface area is 172 Å². The number of piperazine rings is 1. The maximum absolute atomic E-state index is 12.3. The van der Waals surface area contributed by atoms with Crippen LogP contribution >= 0.6 is 11.3 Å². The molecule has 0 spiro atoms. The molecule has 1 aliphatic carbocycles. The van der Waals surface area contributed by atoms with Gasteiger partial charge in [-0.25, -0.2) is 9.97 Å². The molecular formula is C22H32N4OS. The molecule has 4 rings (SSSR count). The van der Waals surface area contributed by atoms with Crippen molar-refractivity contribution in [2.75, 3.05) is 31.1 Å². The van der Waals surface area contributed by atoms with E-state index in [-0.39, 0.29) is 0 Å². The number of thiophene rings is 1. The predicted molar refractivity (Wildman–Crippen MR) is 116 cm³/mol. The molecule has 0 aromatic carbocycles. The standard InChI is InChI=1S/C22H32N4OS/c1-4-8-18(27)25-11-13-26(14-12-25)21-19-16-9-6-5-7-10-17(16)28-22(19)24-20(23-21)15(2)3/h15H,4-14H2,1-3H3. The van der Waals surface area contributed by atoms with Gasteiger partial charge in [0.15, 0.2) is 0 Å². The Morgan fingerprint density at radius 3 is 2.54 bits per heavy atom. The molecule has 1 fully saturated rings. The molecule has 2 aliphatic rings. The molecule has 5 nitrogen and oxygen atoms in total. The smallest absolute Gasteiger partial charge is 0.222 e. The van der Waals surface area contributed by atoms with Crippen molar-refractivity contribution >= 4 is 33.3 Å². The molecule has 0 atom stereocenters. The molecule has 0 bridgehead atoms. The highest BCUT2D eigenvalue weighted by molar-refractivity contribution is 7.19. The van der Waals surface area contributed by atoms with E-state index in [9.17, 15) is 4.79 Å². The molecule has 0 radical (unpaired) electrons. The number of carbonyl (C=O) groups is 1. The Morgan fingerprint density at radius 1 is 1.07 bits per heavy atom. The Hall–Kier alpha value is -1.69. The number of nitrogens with zero attached hydrogens (tertiary/aromatic N) is 4. The van der Waals surface area contributed by atoms with Crippen LogP contribution < -0.4 is 4.90 Å². The predicted octanol–water partition coefficient (Wildman–Crippen LogP) is 4.53. The number of amides is 1. The summed E-state index contributed by atoms with van der Waals surface area (Å²) in [6.45, 7) is 9.74. The number of carbonyl (C=O) groups excluding carboxylic acids is 1. The molecule has 2 aromatic heterocycles. The van der Waals surface area contributed by atoms with Crippen LogP contribution in [0.1, 0.15) is 75.1 Å². The fourth-order valence-corrected chi connectivity index (χ4v) is 5.62. The van der Waals surface area contributed by atoms with E-state index in [4.69, 9.17) is 9.97 Å². The van der Waals surface area contributed by atoms with E-state index in [1.807, 2.05) is 16.2 Å². The van der Waals surface area contributed by atoms with Gasteiger partial charge in [-0.05, 0) is 37.7 Å². The third kappa shape index (κ3) is 3.76. The largest absolute Gasteiger partial charge is 0.352 e. The Bertz CT molecular complexity index is 852. The number of aromatic nitrogens is 2. The van der Waals surface area contributed by atoms with Gasteiger partial charge < -0.3 is 9.80 Å². The maximum Gasteiger partial charge on any atom is 0.222 e. The number of anilines is 1. The molecular weight excluding hydrogens is 368 g/mol. The molecule has 0 saturated carbocycles. The van der Waals surface area contributed by atoms with E-state index in [2.05, 4.69) is 25.7 Å². The summed E-state index contributed by atoms with van der Waals surface area (Å²) < 4.78 is 0. The lowest BCUT2D eigenvalue weighted by atomic mass is 10.1. The second kappa shape index (κ2) is 8.36. The molecule has 28 heavy (non-hydrogen) atoms. The summed E-state index contributed by atoms with van der Waals surface area (Å²) >= 11 is 1.89. The normalized spacial score (nSPS) is 17.9. The van der Waals surface area contributed by atoms with Crippen molar-refractivity contribution in [3.63, 3.8) is 0 Å². The van der Waals surface area contributed by atoms with Gasteiger partial charge in [0.05, 0.1) is 5.39 Å². The second-order valence-electron chi connectivity index (χ2n) is 8.42. The van der Waals surface area contributed by atoms with Gasteiger partial charge in [-0.15, -0.1) is 11.3 Å². The summed E-state index contributed by atoms with van der Waals surface area (Å²) in [6, 6.07) is 0. The van der Waals surface area contributed by atoms with Crippen molar-refractivity contribution in [1.29, 1.82) is 0 Å². The lowest BCUT2D eigenvalue weighted by Gasteiger charge is -2.36. The highest BCUT2D eigenvalue weighted by atomic mass is 32.1. The van der Waals surface area contributed by atoms with Gasteiger partial charge in [-0.1, -0.05) is 27.2 Å². The van der Waals surface area contributed by atoms with Crippen LogP contribution in [0.15, 0.2) is 0 Å². The van der Waals surface area contributed by atoms with Crippen molar-refractivity contribution in [2.45, 2.75) is 71.6 Å². The lowest BCUT2D eigenvalue weighted by molar-refractivity contribution is -0.131. The monoisotopic (exact) mass is 400 g/mol. The van der Waals surface area contributed by atoms with Crippen molar-refractivity contribution < 1.29 is 4.79 Å². The highest BCUT2D eigenvalue weighted by Crippen LogP contribution is 2.40. The maximum atomic E-state index is 12.3. The van der Waals surface area contributed by atoms with Crippen LogP contribution in [0.25, 0.3) is 10.2 Å². The van der Waals surface area contributed by atoms with Crippen LogP contribution in [0, 0.1) is 0 Å². The third-order valence-corrected chi connectivity index (χ3v) is 7.16. The average Bonchev–Trinajstić information content (AvgIpc) is 2.88. The van der Waals surface area contributed by atoms with Crippen LogP contribution in [-0.4, -0.2) is 47.0 Å². The first kappa shape index (κ1) is 19.6. The van der Waals surface area contributed by atoms with Crippen LogP contribution in [0.5, 0.6) is 0 Å². The summed E-state index contributed by atoms with van der Waals surface area (Å²) in [4.78, 5) is 29.4. The van der Waals surface area contributed by atoms with Gasteiger partial charge in [-0.3, -0.25) is 4.79 Å². The molecule has 1 aliphatic heterocycles. The van der Waals surface area contributed by atoms with Gasteiger partial charge in [0.2, 0.25) is 5.91 Å². The van der Waals surface area contributed by atoms with E-state index in [1.54, 1.807) is 0 Å². The second-order valence-corrected chi connectivity index (χ2v) is 9.51. The van der Waals surface area contributed by atoms with E-state index in [0.29, 0.717) is 18.2 Å². The first-order chi connectivity index (χ1) is 13.6. The van der Waals surface area contributed by atoms with Gasteiger partial charge in [0.1, 0.15) is 16.5 Å². The van der Waals surface area contributed by atoms with Crippen molar-refractivity contribution in [2.24, 2.45) is 0 Å². The van der Waals surface area contributed by atoms with E-state index in [1.165, 1.54) is 46.3 Å². The molecule has 0 unspecified atom stereocenters. The third-order valence-electron chi connectivity index (χ3n) is 5.98. The number of hydrogen-bond acceptors (Lipinski definition) is 5. The zero-order chi connectivity index (χ0) is 19.7. The van der Waals surface area contributed by atoms with E-state index >= 15 is 0 Å². The average molecular weight is 401 g/mol. The molecule has 2 aromatic rings. The molecule has 3 heterocycles. The Kier molecular flexibility index (Phi) is 5.85. The molecule has 1 saturated heterocycles. The topological polar surface area (TPSA) is 49.3 Å². The summed E-state index contributed by atoms with van der Waals surface area (Å²) in [5.74, 6) is 2.68. The van der Waals surface area contributed by atoms with E-state index < -0.39 is 0 Å². The Balaban J connectivity index is 1.69. The van der Waals surface area contributed by atoms with Crippen molar-refractivity contribution in [3.8, 4) is 0 Å². The van der Waals surface area contributed by atoms with Crippen LogP contribution in [-0.2, 0) is 17.6 Å². The van der Waals surface area contributed by atoms with Crippen molar-refractivity contribution in [1.82, 2.24) is 14.9 Å². The van der Waals surface area contributed by atoms with Gasteiger partial charge in [0, 0.05) is 43.4 Å². The summed E-state index contributed by atoms with van der Waals surface area (Å²) in [5.41, 5.74) is 1.51. The van der Waals surface area contributed by atoms with E-state index in [0.717, 1.165) is 50.7 Å². The first-order valence-electron chi connectivity index (χ1n) is 10.9. The fraction of sp³-hybridized carbons (Fsp3) is 0.682. The Morgan fingerprint density at radius 2 is 1.82 bits per heavy atom. The molecule has 0 N–H and O–H groups in total. The molecule has 152 valence electrons. The summed E-state index contributed by atoms with van der Waals surface area (Å²) in [6.07, 6.45) is 7.80. The summed E-state index contributed by atoms with van der Waals surface area (Å²) in [7, 11) is 0. The minimum Gasteiger partial charge on any atom is -0.352 e.